The highest BCUT2D eigenvalue weighted by Gasteiger charge is 2.41. The number of aliphatic imine (C=N–C) groups is 1. The Hall–Kier alpha value is -1.96. The molecule has 1 aliphatic carbocycles. The third-order valence-corrected chi connectivity index (χ3v) is 4.29. The number of hydrogen-bond donors (Lipinski definition) is 3. The molecule has 2 rings (SSSR count). The average Bonchev–Trinajstić information content (AvgIpc) is 3.36. The highest BCUT2D eigenvalue weighted by atomic mass is 19.4. The summed E-state index contributed by atoms with van der Waals surface area (Å²) in [4.78, 5) is 4.44. The first kappa shape index (κ1) is 20.4. The minimum absolute atomic E-state index is 0.0684. The maximum atomic E-state index is 12.4. The number of aryl methyl sites for hydroxylation is 1. The number of nitrogens with one attached hydrogen (secondary N) is 2. The van der Waals surface area contributed by atoms with Crippen molar-refractivity contribution >= 4 is 5.96 Å². The van der Waals surface area contributed by atoms with Crippen molar-refractivity contribution in [2.24, 2.45) is 10.4 Å². The molecule has 1 saturated carbocycles. The second-order valence-corrected chi connectivity index (χ2v) is 6.72. The van der Waals surface area contributed by atoms with Crippen molar-refractivity contribution in [1.29, 1.82) is 0 Å². The number of aliphatic hydroxyl groups is 1. The van der Waals surface area contributed by atoms with Gasteiger partial charge in [0.05, 0.1) is 13.2 Å². The number of ether oxygens (including phenoxy) is 1. The van der Waals surface area contributed by atoms with Gasteiger partial charge in [-0.1, -0.05) is 12.1 Å². The van der Waals surface area contributed by atoms with Crippen LogP contribution in [0.4, 0.5) is 13.2 Å². The van der Waals surface area contributed by atoms with Gasteiger partial charge in [-0.2, -0.15) is 13.2 Å². The average molecular weight is 373 g/mol. The van der Waals surface area contributed by atoms with Gasteiger partial charge >= 0.3 is 6.18 Å². The van der Waals surface area contributed by atoms with Crippen LogP contribution in [-0.2, 0) is 6.54 Å². The lowest BCUT2D eigenvalue weighted by molar-refractivity contribution is -0.153. The fraction of sp³-hybridized carbons (Fsp3) is 0.611. The van der Waals surface area contributed by atoms with E-state index in [0.717, 1.165) is 18.4 Å². The Morgan fingerprint density at radius 2 is 2.04 bits per heavy atom. The molecule has 0 spiro atoms. The lowest BCUT2D eigenvalue weighted by Gasteiger charge is -2.17. The highest BCUT2D eigenvalue weighted by Crippen LogP contribution is 2.44. The van der Waals surface area contributed by atoms with E-state index in [9.17, 15) is 18.3 Å². The number of hydrogen-bond acceptors (Lipinski definition) is 3. The van der Waals surface area contributed by atoms with E-state index in [2.05, 4.69) is 15.6 Å². The number of halogens is 3. The van der Waals surface area contributed by atoms with Crippen LogP contribution in [0.15, 0.2) is 23.2 Å². The zero-order chi connectivity index (χ0) is 19.2. The summed E-state index contributed by atoms with van der Waals surface area (Å²) in [5.41, 5.74) is 1.33. The normalized spacial score (nSPS) is 16.3. The summed E-state index contributed by atoms with van der Waals surface area (Å²) < 4.78 is 42.3. The van der Waals surface area contributed by atoms with Crippen molar-refractivity contribution < 1.29 is 23.0 Å². The van der Waals surface area contributed by atoms with Crippen molar-refractivity contribution in [3.63, 3.8) is 0 Å². The van der Waals surface area contributed by atoms with Crippen LogP contribution in [0.3, 0.4) is 0 Å². The van der Waals surface area contributed by atoms with Crippen LogP contribution in [0.1, 0.15) is 30.9 Å². The summed E-state index contributed by atoms with van der Waals surface area (Å²) in [6.45, 7) is 3.99. The van der Waals surface area contributed by atoms with Gasteiger partial charge in [0.15, 0.2) is 12.6 Å². The lowest BCUT2D eigenvalue weighted by atomic mass is 10.1. The van der Waals surface area contributed by atoms with Gasteiger partial charge in [-0.25, -0.2) is 4.99 Å². The van der Waals surface area contributed by atoms with Crippen LogP contribution in [-0.4, -0.2) is 43.5 Å². The van der Waals surface area contributed by atoms with Crippen LogP contribution >= 0.6 is 0 Å². The molecule has 5 nitrogen and oxygen atoms in total. The summed E-state index contributed by atoms with van der Waals surface area (Å²) in [7, 11) is 0. The fourth-order valence-corrected chi connectivity index (χ4v) is 2.43. The summed E-state index contributed by atoms with van der Waals surface area (Å²) >= 11 is 0. The molecule has 0 saturated heterocycles. The van der Waals surface area contributed by atoms with Crippen molar-refractivity contribution in [3.8, 4) is 5.75 Å². The van der Waals surface area contributed by atoms with E-state index in [1.807, 2.05) is 13.0 Å². The van der Waals surface area contributed by atoms with Crippen molar-refractivity contribution in [2.45, 2.75) is 39.4 Å². The summed E-state index contributed by atoms with van der Waals surface area (Å²) in [6.07, 6.45) is -2.43. The number of guanidine groups is 1. The predicted octanol–water partition coefficient (Wildman–Crippen LogP) is 2.76. The summed E-state index contributed by atoms with van der Waals surface area (Å²) in [5.74, 6) is 0.755. The Labute approximate surface area is 151 Å². The maximum absolute atomic E-state index is 12.4. The molecule has 1 fully saturated rings. The van der Waals surface area contributed by atoms with E-state index < -0.39 is 12.8 Å². The molecule has 0 unspecified atom stereocenters. The zero-order valence-electron chi connectivity index (χ0n) is 15.1. The smallest absolute Gasteiger partial charge is 0.422 e. The van der Waals surface area contributed by atoms with Crippen LogP contribution in [0, 0.1) is 12.3 Å². The Morgan fingerprint density at radius 1 is 1.31 bits per heavy atom. The van der Waals surface area contributed by atoms with E-state index in [1.165, 1.54) is 0 Å². The number of alkyl halides is 3. The second-order valence-electron chi connectivity index (χ2n) is 6.72. The molecule has 0 heterocycles. The van der Waals surface area contributed by atoms with Gasteiger partial charge in [0.25, 0.3) is 0 Å². The molecular weight excluding hydrogens is 347 g/mol. The van der Waals surface area contributed by atoms with Gasteiger partial charge < -0.3 is 20.5 Å². The Balaban J connectivity index is 2.04. The minimum Gasteiger partial charge on any atom is -0.484 e. The Bertz CT molecular complexity index is 629. The van der Waals surface area contributed by atoms with Gasteiger partial charge in [-0.15, -0.1) is 0 Å². The van der Waals surface area contributed by atoms with Gasteiger partial charge in [-0.3, -0.25) is 0 Å². The third kappa shape index (κ3) is 6.40. The quantitative estimate of drug-likeness (QED) is 0.484. The molecular formula is C18H26F3N3O2. The molecule has 0 radical (unpaired) electrons. The first-order valence-corrected chi connectivity index (χ1v) is 8.69. The maximum Gasteiger partial charge on any atom is 0.422 e. The Morgan fingerprint density at radius 3 is 2.62 bits per heavy atom. The topological polar surface area (TPSA) is 65.9 Å². The van der Waals surface area contributed by atoms with Gasteiger partial charge in [-0.05, 0) is 38.3 Å². The van der Waals surface area contributed by atoms with Crippen molar-refractivity contribution in [3.05, 3.63) is 29.3 Å². The number of benzene rings is 1. The lowest BCUT2D eigenvalue weighted by Crippen LogP contribution is -2.41. The number of aliphatic hydroxyl groups excluding tert-OH is 1. The first-order valence-electron chi connectivity index (χ1n) is 8.69. The molecule has 0 bridgehead atoms. The molecule has 146 valence electrons. The first-order chi connectivity index (χ1) is 12.3. The van der Waals surface area contributed by atoms with E-state index >= 15 is 0 Å². The van der Waals surface area contributed by atoms with Crippen LogP contribution in [0.2, 0.25) is 0 Å². The number of rotatable bonds is 8. The van der Waals surface area contributed by atoms with Crippen molar-refractivity contribution in [2.75, 3.05) is 26.3 Å². The van der Waals surface area contributed by atoms with Crippen LogP contribution in [0.5, 0.6) is 5.75 Å². The predicted molar refractivity (Wildman–Crippen MR) is 94.3 cm³/mol. The SMILES string of the molecule is CCNC(=NCc1ccc(C)cc1OCC(F)(F)F)NCC1(CO)CC1. The highest BCUT2D eigenvalue weighted by molar-refractivity contribution is 5.79. The number of nitrogens with zero attached hydrogens (tertiary/aromatic N) is 1. The van der Waals surface area contributed by atoms with Gasteiger partial charge in [0.1, 0.15) is 5.75 Å². The summed E-state index contributed by atoms with van der Waals surface area (Å²) in [5, 5.41) is 15.7. The molecule has 0 atom stereocenters. The molecule has 1 aromatic rings. The third-order valence-electron chi connectivity index (χ3n) is 4.29. The van der Waals surface area contributed by atoms with Gasteiger partial charge in [0, 0.05) is 24.1 Å². The van der Waals surface area contributed by atoms with Crippen LogP contribution in [0.25, 0.3) is 0 Å². The van der Waals surface area contributed by atoms with E-state index in [0.29, 0.717) is 24.6 Å². The van der Waals surface area contributed by atoms with Gasteiger partial charge in [0.2, 0.25) is 0 Å². The largest absolute Gasteiger partial charge is 0.484 e. The molecule has 26 heavy (non-hydrogen) atoms. The van der Waals surface area contributed by atoms with E-state index in [-0.39, 0.29) is 24.3 Å². The molecule has 0 amide bonds. The Kier molecular flexibility index (Phi) is 6.75. The molecule has 0 aromatic heterocycles. The fourth-order valence-electron chi connectivity index (χ4n) is 2.43. The zero-order valence-corrected chi connectivity index (χ0v) is 15.1. The second kappa shape index (κ2) is 8.62. The monoisotopic (exact) mass is 373 g/mol. The molecule has 8 heteroatoms. The van der Waals surface area contributed by atoms with Crippen molar-refractivity contribution in [1.82, 2.24) is 10.6 Å². The van der Waals surface area contributed by atoms with E-state index in [1.54, 1.807) is 19.1 Å². The van der Waals surface area contributed by atoms with Crippen LogP contribution < -0.4 is 15.4 Å². The molecule has 1 aliphatic rings. The standard InChI is InChI=1S/C18H26F3N3O2/c1-3-22-16(24-10-17(11-25)6-7-17)23-9-14-5-4-13(2)8-15(14)26-12-18(19,20)21/h4-5,8,25H,3,6-7,9-12H2,1-2H3,(H2,22,23,24). The van der Waals surface area contributed by atoms with E-state index in [4.69, 9.17) is 4.74 Å². The minimum atomic E-state index is -4.39. The molecule has 1 aromatic carbocycles. The molecule has 0 aliphatic heterocycles. The summed E-state index contributed by atoms with van der Waals surface area (Å²) in [6, 6.07) is 5.13. The molecule has 3 N–H and O–H groups in total.